The van der Waals surface area contributed by atoms with E-state index in [1.165, 1.54) is 25.9 Å². The van der Waals surface area contributed by atoms with Gasteiger partial charge >= 0.3 is 5.97 Å². The molecular formula is C13H25NO2. The maximum atomic E-state index is 11.5. The predicted octanol–water partition coefficient (Wildman–Crippen LogP) is 2.45. The highest BCUT2D eigenvalue weighted by Crippen LogP contribution is 2.21. The van der Waals surface area contributed by atoms with E-state index in [0.717, 1.165) is 6.42 Å². The van der Waals surface area contributed by atoms with Crippen molar-refractivity contribution in [2.45, 2.75) is 52.1 Å². The summed E-state index contributed by atoms with van der Waals surface area (Å²) in [5.41, 5.74) is -0.343. The number of nitrogens with zero attached hydrogens (tertiary/aromatic N) is 1. The molecule has 1 saturated heterocycles. The fraction of sp³-hybridized carbons (Fsp3) is 0.923. The Balaban J connectivity index is 2.17. The molecular weight excluding hydrogens is 202 g/mol. The minimum atomic E-state index is -0.343. The van der Waals surface area contributed by atoms with E-state index in [-0.39, 0.29) is 11.6 Å². The zero-order valence-electron chi connectivity index (χ0n) is 11.1. The van der Waals surface area contributed by atoms with Gasteiger partial charge in [0.15, 0.2) is 0 Å². The van der Waals surface area contributed by atoms with Crippen molar-refractivity contribution in [3.63, 3.8) is 0 Å². The summed E-state index contributed by atoms with van der Waals surface area (Å²) in [6.07, 6.45) is 4.01. The molecule has 0 N–H and O–H groups in total. The van der Waals surface area contributed by atoms with Gasteiger partial charge in [0.05, 0.1) is 0 Å². The van der Waals surface area contributed by atoms with Crippen LogP contribution in [0.4, 0.5) is 0 Å². The van der Waals surface area contributed by atoms with Crippen LogP contribution in [0.2, 0.25) is 0 Å². The summed E-state index contributed by atoms with van der Waals surface area (Å²) in [4.78, 5) is 13.9. The Morgan fingerprint density at radius 2 is 1.88 bits per heavy atom. The van der Waals surface area contributed by atoms with Gasteiger partial charge in [0.2, 0.25) is 0 Å². The third kappa shape index (κ3) is 5.50. The van der Waals surface area contributed by atoms with Crippen LogP contribution in [-0.4, -0.2) is 36.6 Å². The number of ether oxygens (including phenoxy) is 1. The maximum absolute atomic E-state index is 11.5. The van der Waals surface area contributed by atoms with Gasteiger partial charge in [-0.2, -0.15) is 0 Å². The average molecular weight is 227 g/mol. The molecule has 1 fully saturated rings. The molecule has 0 spiro atoms. The fourth-order valence-corrected chi connectivity index (χ4v) is 2.07. The monoisotopic (exact) mass is 227 g/mol. The minimum Gasteiger partial charge on any atom is -0.460 e. The summed E-state index contributed by atoms with van der Waals surface area (Å²) in [6.45, 7) is 8.08. The smallest absolute Gasteiger partial charge is 0.306 e. The van der Waals surface area contributed by atoms with Crippen LogP contribution in [0, 0.1) is 5.92 Å². The molecule has 3 nitrogen and oxygen atoms in total. The Morgan fingerprint density at radius 3 is 2.38 bits per heavy atom. The van der Waals surface area contributed by atoms with Crippen molar-refractivity contribution < 1.29 is 9.53 Å². The molecule has 0 aliphatic carbocycles. The SMILES string of the molecule is CN1CCC(CCC(=O)OC(C)(C)C)CC1. The zero-order valence-corrected chi connectivity index (χ0v) is 11.1. The third-order valence-electron chi connectivity index (χ3n) is 3.01. The first-order chi connectivity index (χ1) is 7.37. The van der Waals surface area contributed by atoms with Crippen molar-refractivity contribution in [2.75, 3.05) is 20.1 Å². The Bertz CT molecular complexity index is 225. The van der Waals surface area contributed by atoms with Gasteiger partial charge in [0.25, 0.3) is 0 Å². The molecule has 0 amide bonds. The van der Waals surface area contributed by atoms with Crippen LogP contribution in [0.5, 0.6) is 0 Å². The Hall–Kier alpha value is -0.570. The van der Waals surface area contributed by atoms with Crippen molar-refractivity contribution in [2.24, 2.45) is 5.92 Å². The van der Waals surface area contributed by atoms with Crippen LogP contribution in [-0.2, 0) is 9.53 Å². The molecule has 0 aromatic carbocycles. The van der Waals surface area contributed by atoms with Crippen molar-refractivity contribution in [1.82, 2.24) is 4.90 Å². The minimum absolute atomic E-state index is 0.0496. The Morgan fingerprint density at radius 1 is 1.31 bits per heavy atom. The van der Waals surface area contributed by atoms with E-state index < -0.39 is 0 Å². The second-order valence-electron chi connectivity index (χ2n) is 5.87. The lowest BCUT2D eigenvalue weighted by Gasteiger charge is -2.29. The van der Waals surface area contributed by atoms with Gasteiger partial charge in [0, 0.05) is 6.42 Å². The molecule has 0 atom stereocenters. The van der Waals surface area contributed by atoms with Crippen LogP contribution in [0.3, 0.4) is 0 Å². The first-order valence-electron chi connectivity index (χ1n) is 6.27. The molecule has 0 bridgehead atoms. The number of hydrogen-bond acceptors (Lipinski definition) is 3. The average Bonchev–Trinajstić information content (AvgIpc) is 2.14. The van der Waals surface area contributed by atoms with Crippen LogP contribution in [0.1, 0.15) is 46.5 Å². The summed E-state index contributed by atoms with van der Waals surface area (Å²) < 4.78 is 5.30. The molecule has 16 heavy (non-hydrogen) atoms. The molecule has 1 aliphatic rings. The lowest BCUT2D eigenvalue weighted by molar-refractivity contribution is -0.155. The quantitative estimate of drug-likeness (QED) is 0.694. The van der Waals surface area contributed by atoms with Gasteiger partial charge in [0.1, 0.15) is 5.60 Å². The molecule has 0 aromatic heterocycles. The summed E-state index contributed by atoms with van der Waals surface area (Å²) in [6, 6.07) is 0. The second-order valence-corrected chi connectivity index (χ2v) is 5.87. The van der Waals surface area contributed by atoms with Gasteiger partial charge in [-0.15, -0.1) is 0 Å². The third-order valence-corrected chi connectivity index (χ3v) is 3.01. The number of hydrogen-bond donors (Lipinski definition) is 0. The van der Waals surface area contributed by atoms with Crippen LogP contribution < -0.4 is 0 Å². The van der Waals surface area contributed by atoms with Gasteiger partial charge in [-0.05, 0) is 66.1 Å². The zero-order chi connectivity index (χ0) is 12.2. The topological polar surface area (TPSA) is 29.5 Å². The van der Waals surface area contributed by atoms with E-state index in [4.69, 9.17) is 4.74 Å². The van der Waals surface area contributed by atoms with Crippen LogP contribution in [0.25, 0.3) is 0 Å². The van der Waals surface area contributed by atoms with Gasteiger partial charge < -0.3 is 9.64 Å². The second kappa shape index (κ2) is 5.67. The molecule has 0 saturated carbocycles. The molecule has 0 radical (unpaired) electrons. The predicted molar refractivity (Wildman–Crippen MR) is 65.3 cm³/mol. The van der Waals surface area contributed by atoms with E-state index in [2.05, 4.69) is 11.9 Å². The van der Waals surface area contributed by atoms with E-state index in [1.807, 2.05) is 20.8 Å². The van der Waals surface area contributed by atoms with Gasteiger partial charge in [-0.1, -0.05) is 0 Å². The lowest BCUT2D eigenvalue weighted by atomic mass is 9.92. The number of carbonyl (C=O) groups excluding carboxylic acids is 1. The molecule has 3 heteroatoms. The first kappa shape index (κ1) is 13.5. The van der Waals surface area contributed by atoms with Crippen LogP contribution >= 0.6 is 0 Å². The summed E-state index contributed by atoms with van der Waals surface area (Å²) in [5, 5.41) is 0. The molecule has 1 rings (SSSR count). The summed E-state index contributed by atoms with van der Waals surface area (Å²) in [7, 11) is 2.16. The number of esters is 1. The van der Waals surface area contributed by atoms with E-state index >= 15 is 0 Å². The largest absolute Gasteiger partial charge is 0.460 e. The lowest BCUT2D eigenvalue weighted by Crippen LogP contribution is -2.30. The van der Waals surface area contributed by atoms with Crippen molar-refractivity contribution in [3.8, 4) is 0 Å². The molecule has 94 valence electrons. The number of likely N-dealkylation sites (tertiary alicyclic amines) is 1. The summed E-state index contributed by atoms with van der Waals surface area (Å²) >= 11 is 0. The highest BCUT2D eigenvalue weighted by molar-refractivity contribution is 5.69. The number of carbonyl (C=O) groups is 1. The highest BCUT2D eigenvalue weighted by Gasteiger charge is 2.20. The Labute approximate surface area is 99.1 Å². The molecule has 1 heterocycles. The summed E-state index contributed by atoms with van der Waals surface area (Å²) in [5.74, 6) is 0.662. The number of rotatable bonds is 3. The Kier molecular flexibility index (Phi) is 4.78. The van der Waals surface area contributed by atoms with Crippen molar-refractivity contribution >= 4 is 5.97 Å². The van der Waals surface area contributed by atoms with E-state index in [1.54, 1.807) is 0 Å². The van der Waals surface area contributed by atoms with E-state index in [0.29, 0.717) is 12.3 Å². The molecule has 0 aromatic rings. The standard InChI is InChI=1S/C13H25NO2/c1-13(2,3)16-12(15)6-5-11-7-9-14(4)10-8-11/h11H,5-10H2,1-4H3. The van der Waals surface area contributed by atoms with Crippen LogP contribution in [0.15, 0.2) is 0 Å². The van der Waals surface area contributed by atoms with Gasteiger partial charge in [-0.3, -0.25) is 4.79 Å². The van der Waals surface area contributed by atoms with Crippen molar-refractivity contribution in [3.05, 3.63) is 0 Å². The highest BCUT2D eigenvalue weighted by atomic mass is 16.6. The normalized spacial score (nSPS) is 19.8. The molecule has 0 unspecified atom stereocenters. The van der Waals surface area contributed by atoms with E-state index in [9.17, 15) is 4.79 Å². The number of piperidine rings is 1. The first-order valence-corrected chi connectivity index (χ1v) is 6.27. The fourth-order valence-electron chi connectivity index (χ4n) is 2.07. The maximum Gasteiger partial charge on any atom is 0.306 e. The molecule has 1 aliphatic heterocycles. The van der Waals surface area contributed by atoms with Gasteiger partial charge in [-0.25, -0.2) is 0 Å². The van der Waals surface area contributed by atoms with Crippen molar-refractivity contribution in [1.29, 1.82) is 0 Å².